The zero-order valence-corrected chi connectivity index (χ0v) is 13.9. The summed E-state index contributed by atoms with van der Waals surface area (Å²) in [5, 5.41) is 14.0. The van der Waals surface area contributed by atoms with Crippen LogP contribution in [0.5, 0.6) is 5.75 Å². The highest BCUT2D eigenvalue weighted by Gasteiger charge is 2.19. The first-order valence-corrected chi connectivity index (χ1v) is 7.68. The van der Waals surface area contributed by atoms with E-state index in [0.717, 1.165) is 16.3 Å². The molecule has 0 saturated carbocycles. The first kappa shape index (κ1) is 15.9. The van der Waals surface area contributed by atoms with E-state index in [-0.39, 0.29) is 17.4 Å². The molecule has 0 aliphatic carbocycles. The number of halogens is 1. The second-order valence-electron chi connectivity index (χ2n) is 5.06. The average molecular weight is 329 g/mol. The van der Waals surface area contributed by atoms with E-state index in [1.807, 2.05) is 20.8 Å². The number of aryl methyl sites for hydroxylation is 2. The van der Waals surface area contributed by atoms with Crippen molar-refractivity contribution >= 4 is 28.9 Å². The van der Waals surface area contributed by atoms with Crippen LogP contribution in [0.4, 0.5) is 0 Å². The number of hydrogen-bond donors (Lipinski definition) is 1. The van der Waals surface area contributed by atoms with Crippen molar-refractivity contribution in [3.63, 3.8) is 0 Å². The molecule has 1 N–H and O–H groups in total. The highest BCUT2D eigenvalue weighted by atomic mass is 35.5. The number of thiophene rings is 1. The molecule has 0 amide bonds. The molecule has 2 rings (SSSR count). The predicted molar refractivity (Wildman–Crippen MR) is 82.7 cm³/mol. The van der Waals surface area contributed by atoms with Crippen molar-refractivity contribution in [2.24, 2.45) is 7.05 Å². The van der Waals surface area contributed by atoms with Crippen LogP contribution in [-0.4, -0.2) is 20.9 Å². The van der Waals surface area contributed by atoms with Gasteiger partial charge in [0.1, 0.15) is 12.4 Å². The van der Waals surface area contributed by atoms with Gasteiger partial charge in [-0.25, -0.2) is 4.79 Å². The number of aromatic nitrogens is 2. The molecular weight excluding hydrogens is 312 g/mol. The molecular formula is C14H17ClN2O3S. The number of carboxylic acids is 1. The zero-order valence-electron chi connectivity index (χ0n) is 12.3. The van der Waals surface area contributed by atoms with Crippen molar-refractivity contribution < 1.29 is 14.6 Å². The van der Waals surface area contributed by atoms with Crippen LogP contribution >= 0.6 is 22.9 Å². The first-order valence-electron chi connectivity index (χ1n) is 6.49. The maximum Gasteiger partial charge on any atom is 0.349 e. The van der Waals surface area contributed by atoms with Gasteiger partial charge >= 0.3 is 5.97 Å². The van der Waals surface area contributed by atoms with E-state index in [4.69, 9.17) is 16.3 Å². The molecule has 0 atom stereocenters. The van der Waals surface area contributed by atoms with Crippen LogP contribution in [0.2, 0.25) is 5.02 Å². The molecule has 0 radical (unpaired) electrons. The first-order chi connectivity index (χ1) is 9.81. The van der Waals surface area contributed by atoms with Crippen molar-refractivity contribution in [2.45, 2.75) is 33.3 Å². The van der Waals surface area contributed by atoms with Gasteiger partial charge in [0, 0.05) is 11.9 Å². The van der Waals surface area contributed by atoms with Crippen LogP contribution in [0.3, 0.4) is 0 Å². The summed E-state index contributed by atoms with van der Waals surface area (Å²) in [5.74, 6) is -0.340. The molecule has 0 aromatic carbocycles. The van der Waals surface area contributed by atoms with Gasteiger partial charge < -0.3 is 9.84 Å². The third kappa shape index (κ3) is 3.22. The Balaban J connectivity index is 2.25. The third-order valence-electron chi connectivity index (χ3n) is 3.11. The second-order valence-corrected chi connectivity index (χ2v) is 6.52. The second kappa shape index (κ2) is 6.07. The molecule has 2 aromatic heterocycles. The van der Waals surface area contributed by atoms with E-state index >= 15 is 0 Å². The quantitative estimate of drug-likeness (QED) is 0.905. The van der Waals surface area contributed by atoms with Gasteiger partial charge in [-0.3, -0.25) is 4.68 Å². The zero-order chi connectivity index (χ0) is 15.7. The molecule has 2 aromatic rings. The van der Waals surface area contributed by atoms with Gasteiger partial charge in [0.05, 0.1) is 16.4 Å². The van der Waals surface area contributed by atoms with Gasteiger partial charge in [0.25, 0.3) is 0 Å². The largest absolute Gasteiger partial charge is 0.485 e. The highest BCUT2D eigenvalue weighted by Crippen LogP contribution is 2.34. The maximum absolute atomic E-state index is 11.3. The predicted octanol–water partition coefficient (Wildman–Crippen LogP) is 3.84. The van der Waals surface area contributed by atoms with E-state index in [0.29, 0.717) is 10.8 Å². The molecule has 0 saturated heterocycles. The van der Waals surface area contributed by atoms with E-state index in [1.54, 1.807) is 17.8 Å². The normalized spacial score (nSPS) is 11.1. The molecule has 7 heteroatoms. The topological polar surface area (TPSA) is 64.4 Å². The molecule has 114 valence electrons. The number of rotatable bonds is 5. The number of nitrogens with zero attached hydrogens (tertiary/aromatic N) is 2. The van der Waals surface area contributed by atoms with Crippen molar-refractivity contribution in [1.29, 1.82) is 0 Å². The highest BCUT2D eigenvalue weighted by molar-refractivity contribution is 7.14. The molecule has 0 unspecified atom stereocenters. The van der Waals surface area contributed by atoms with Gasteiger partial charge in [-0.1, -0.05) is 25.4 Å². The summed E-state index contributed by atoms with van der Waals surface area (Å²) in [7, 11) is 1.78. The van der Waals surface area contributed by atoms with Crippen LogP contribution < -0.4 is 4.74 Å². The summed E-state index contributed by atoms with van der Waals surface area (Å²) in [4.78, 5) is 12.5. The minimum absolute atomic E-state index is 0.185. The summed E-state index contributed by atoms with van der Waals surface area (Å²) in [5.41, 5.74) is 1.45. The Morgan fingerprint density at radius 1 is 1.57 bits per heavy atom. The number of ether oxygens (including phenoxy) is 1. The van der Waals surface area contributed by atoms with E-state index in [1.165, 1.54) is 11.3 Å². The van der Waals surface area contributed by atoms with Crippen LogP contribution in [-0.2, 0) is 13.7 Å². The molecule has 0 aliphatic rings. The molecule has 0 spiro atoms. The Hall–Kier alpha value is -1.53. The van der Waals surface area contributed by atoms with Crippen molar-refractivity contribution in [2.75, 3.05) is 0 Å². The van der Waals surface area contributed by atoms with Gasteiger partial charge in [-0.2, -0.15) is 5.10 Å². The van der Waals surface area contributed by atoms with Gasteiger partial charge in [0.2, 0.25) is 0 Å². The molecule has 2 heterocycles. The monoisotopic (exact) mass is 328 g/mol. The fraction of sp³-hybridized carbons (Fsp3) is 0.429. The molecule has 0 aliphatic heterocycles. The van der Waals surface area contributed by atoms with Gasteiger partial charge in [-0.05, 0) is 18.9 Å². The van der Waals surface area contributed by atoms with E-state index < -0.39 is 5.97 Å². The Bertz CT molecular complexity index is 676. The van der Waals surface area contributed by atoms with E-state index in [9.17, 15) is 9.90 Å². The SMILES string of the molecule is Cc1nn(C)c(COc2cc(C(C)C)sc2C(=O)O)c1Cl. The summed E-state index contributed by atoms with van der Waals surface area (Å²) in [6.07, 6.45) is 0. The summed E-state index contributed by atoms with van der Waals surface area (Å²) >= 11 is 7.41. The Morgan fingerprint density at radius 3 is 2.71 bits per heavy atom. The van der Waals surface area contributed by atoms with Crippen LogP contribution in [0, 0.1) is 6.92 Å². The van der Waals surface area contributed by atoms with Crippen LogP contribution in [0.1, 0.15) is 45.7 Å². The molecule has 0 bridgehead atoms. The number of carboxylic acid groups (broad SMARTS) is 1. The third-order valence-corrected chi connectivity index (χ3v) is 5.00. The molecule has 21 heavy (non-hydrogen) atoms. The number of hydrogen-bond acceptors (Lipinski definition) is 4. The number of aromatic carboxylic acids is 1. The Labute approximate surface area is 132 Å². The van der Waals surface area contributed by atoms with Crippen molar-refractivity contribution in [3.8, 4) is 5.75 Å². The van der Waals surface area contributed by atoms with Crippen LogP contribution in [0.25, 0.3) is 0 Å². The Morgan fingerprint density at radius 2 is 2.24 bits per heavy atom. The number of carbonyl (C=O) groups is 1. The maximum atomic E-state index is 11.3. The van der Waals surface area contributed by atoms with Crippen molar-refractivity contribution in [3.05, 3.63) is 32.2 Å². The van der Waals surface area contributed by atoms with Crippen molar-refractivity contribution in [1.82, 2.24) is 9.78 Å². The lowest BCUT2D eigenvalue weighted by atomic mass is 10.2. The molecule has 0 fully saturated rings. The average Bonchev–Trinajstić information content (AvgIpc) is 2.91. The smallest absolute Gasteiger partial charge is 0.349 e. The van der Waals surface area contributed by atoms with Crippen LogP contribution in [0.15, 0.2) is 6.07 Å². The lowest BCUT2D eigenvalue weighted by Crippen LogP contribution is -2.05. The lowest BCUT2D eigenvalue weighted by molar-refractivity contribution is 0.0697. The summed E-state index contributed by atoms with van der Waals surface area (Å²) in [6, 6.07) is 1.79. The minimum atomic E-state index is -0.978. The standard InChI is InChI=1S/C14H17ClN2O3S/c1-7(2)11-5-10(13(21-11)14(18)19)20-6-9-12(15)8(3)16-17(9)4/h5,7H,6H2,1-4H3,(H,18,19). The van der Waals surface area contributed by atoms with Gasteiger partial charge in [-0.15, -0.1) is 11.3 Å². The fourth-order valence-corrected chi connectivity index (χ4v) is 3.07. The van der Waals surface area contributed by atoms with E-state index in [2.05, 4.69) is 5.10 Å². The Kier molecular flexibility index (Phi) is 4.58. The summed E-state index contributed by atoms with van der Waals surface area (Å²) in [6.45, 7) is 6.03. The fourth-order valence-electron chi connectivity index (χ4n) is 1.92. The lowest BCUT2D eigenvalue weighted by Gasteiger charge is -2.06. The summed E-state index contributed by atoms with van der Waals surface area (Å²) < 4.78 is 7.32. The minimum Gasteiger partial charge on any atom is -0.485 e. The van der Waals surface area contributed by atoms with Gasteiger partial charge in [0.15, 0.2) is 4.88 Å². The molecule has 5 nitrogen and oxygen atoms in total.